The Bertz CT molecular complexity index is 329. The molecule has 20 heavy (non-hydrogen) atoms. The predicted molar refractivity (Wildman–Crippen MR) is 88.7 cm³/mol. The second kappa shape index (κ2) is 6.90. The molecule has 0 aromatic heterocycles. The van der Waals surface area contributed by atoms with E-state index in [1.807, 2.05) is 0 Å². The zero-order valence-corrected chi connectivity index (χ0v) is 14.7. The Morgan fingerprint density at radius 2 is 1.95 bits per heavy atom. The molecule has 3 atom stereocenters. The highest BCUT2D eigenvalue weighted by atomic mass is 33.1. The van der Waals surface area contributed by atoms with E-state index in [1.54, 1.807) is 0 Å². The van der Waals surface area contributed by atoms with Crippen LogP contribution in [0.2, 0.25) is 0 Å². The van der Waals surface area contributed by atoms with Crippen LogP contribution in [0.5, 0.6) is 0 Å². The van der Waals surface area contributed by atoms with E-state index in [0.29, 0.717) is 23.9 Å². The van der Waals surface area contributed by atoms with Crippen LogP contribution in [0.4, 0.5) is 0 Å². The third-order valence-electron chi connectivity index (χ3n) is 4.22. The van der Waals surface area contributed by atoms with Gasteiger partial charge in [-0.25, -0.2) is 4.31 Å². The maximum absolute atomic E-state index is 12.9. The van der Waals surface area contributed by atoms with Gasteiger partial charge in [-0.1, -0.05) is 25.5 Å². The lowest BCUT2D eigenvalue weighted by Crippen LogP contribution is -2.70. The lowest BCUT2D eigenvalue weighted by Gasteiger charge is -2.56. The average molecular weight is 318 g/mol. The first kappa shape index (κ1) is 16.5. The lowest BCUT2D eigenvalue weighted by molar-refractivity contribution is -0.156. The highest BCUT2D eigenvalue weighted by molar-refractivity contribution is 8.67. The highest BCUT2D eigenvalue weighted by Gasteiger charge is 2.48. The highest BCUT2D eigenvalue weighted by Crippen LogP contribution is 2.37. The summed E-state index contributed by atoms with van der Waals surface area (Å²) in [6.45, 7) is 7.19. The van der Waals surface area contributed by atoms with Crippen molar-refractivity contribution in [3.05, 3.63) is 0 Å². The number of nitrogens with zero attached hydrogens (tertiary/aromatic N) is 3. The molecule has 0 radical (unpaired) electrons. The van der Waals surface area contributed by atoms with Crippen LogP contribution in [-0.2, 0) is 4.79 Å². The zero-order valence-electron chi connectivity index (χ0n) is 13.0. The summed E-state index contributed by atoms with van der Waals surface area (Å²) >= 11 is 4.27. The van der Waals surface area contributed by atoms with E-state index in [4.69, 9.17) is 0 Å². The summed E-state index contributed by atoms with van der Waals surface area (Å²) in [5, 5.41) is 0. The van der Waals surface area contributed by atoms with Gasteiger partial charge < -0.3 is 9.80 Å². The van der Waals surface area contributed by atoms with Crippen LogP contribution >= 0.6 is 22.6 Å². The van der Waals surface area contributed by atoms with Crippen LogP contribution < -0.4 is 0 Å². The summed E-state index contributed by atoms with van der Waals surface area (Å²) in [6.07, 6.45) is 2.16. The molecule has 3 aliphatic heterocycles. The van der Waals surface area contributed by atoms with Crippen molar-refractivity contribution in [3.8, 4) is 0 Å². The van der Waals surface area contributed by atoms with Crippen molar-refractivity contribution in [3.63, 3.8) is 0 Å². The van der Waals surface area contributed by atoms with Crippen molar-refractivity contribution in [1.29, 1.82) is 0 Å². The molecule has 116 valence electrons. The van der Waals surface area contributed by atoms with Crippen LogP contribution in [0, 0.1) is 11.8 Å². The number of fused-ring (bicyclic) bond motifs is 2. The van der Waals surface area contributed by atoms with Gasteiger partial charge in [0.15, 0.2) is 0 Å². The molecule has 3 unspecified atom stereocenters. The Labute approximate surface area is 132 Å². The molecule has 2 bridgehead atoms. The van der Waals surface area contributed by atoms with E-state index in [1.165, 1.54) is 17.4 Å². The van der Waals surface area contributed by atoms with Crippen molar-refractivity contribution in [2.24, 2.45) is 11.8 Å². The van der Waals surface area contributed by atoms with Gasteiger partial charge in [0, 0.05) is 31.7 Å². The van der Waals surface area contributed by atoms with Crippen LogP contribution in [0.25, 0.3) is 0 Å². The Morgan fingerprint density at radius 1 is 1.35 bits per heavy atom. The predicted octanol–water partition coefficient (Wildman–Crippen LogP) is 1.99. The van der Waals surface area contributed by atoms with Gasteiger partial charge in [0.25, 0.3) is 0 Å². The van der Waals surface area contributed by atoms with Gasteiger partial charge >= 0.3 is 0 Å². The molecule has 6 heteroatoms. The Morgan fingerprint density at radius 3 is 2.40 bits per heavy atom. The normalized spacial score (nSPS) is 27.9. The fourth-order valence-corrected chi connectivity index (χ4v) is 4.35. The van der Waals surface area contributed by atoms with E-state index in [-0.39, 0.29) is 5.92 Å². The van der Waals surface area contributed by atoms with Crippen molar-refractivity contribution in [1.82, 2.24) is 14.1 Å². The van der Waals surface area contributed by atoms with Crippen LogP contribution in [0.3, 0.4) is 0 Å². The lowest BCUT2D eigenvalue weighted by atomic mass is 9.85. The van der Waals surface area contributed by atoms with Gasteiger partial charge in [0.1, 0.15) is 0 Å². The fraction of sp³-hybridized carbons (Fsp3) is 0.929. The summed E-state index contributed by atoms with van der Waals surface area (Å²) in [5.74, 6) is 1.08. The Balaban J connectivity index is 1.98. The van der Waals surface area contributed by atoms with E-state index >= 15 is 0 Å². The third-order valence-corrected chi connectivity index (χ3v) is 5.44. The minimum atomic E-state index is 0.144. The number of piperazine rings is 1. The average Bonchev–Trinajstić information content (AvgIpc) is 2.36. The number of hydrogen-bond donors (Lipinski definition) is 1. The minimum absolute atomic E-state index is 0.144. The largest absolute Gasteiger partial charge is 0.334 e. The molecule has 1 amide bonds. The number of piperidine rings is 1. The fourth-order valence-electron chi connectivity index (χ4n) is 3.47. The summed E-state index contributed by atoms with van der Waals surface area (Å²) in [6, 6.07) is 0.829. The van der Waals surface area contributed by atoms with Crippen molar-refractivity contribution < 1.29 is 4.79 Å². The molecular formula is C14H27N3OS2. The monoisotopic (exact) mass is 317 g/mol. The molecule has 3 heterocycles. The number of amides is 1. The number of carbonyl (C=O) groups excluding carboxylic acids is 1. The summed E-state index contributed by atoms with van der Waals surface area (Å²) in [5.41, 5.74) is 0. The number of thiol groups is 1. The first-order valence-corrected chi connectivity index (χ1v) is 9.28. The first-order valence-electron chi connectivity index (χ1n) is 7.45. The molecule has 3 fully saturated rings. The van der Waals surface area contributed by atoms with E-state index in [0.717, 1.165) is 26.1 Å². The molecule has 0 spiro atoms. The number of rotatable bonds is 6. The number of carbonyl (C=O) groups is 1. The standard InChI is InChI=1S/C14H27N3OS2/c1-10(2)5-11(7-15(3)4)14(18)17-12-6-13(17)9-16(8-12)20-19/h10-13,19H,5-9H2,1-4H3. The topological polar surface area (TPSA) is 26.8 Å². The summed E-state index contributed by atoms with van der Waals surface area (Å²) < 4.78 is 2.26. The van der Waals surface area contributed by atoms with E-state index in [2.05, 4.69) is 53.7 Å². The van der Waals surface area contributed by atoms with Crippen molar-refractivity contribution in [2.75, 3.05) is 33.7 Å². The summed E-state index contributed by atoms with van der Waals surface area (Å²) in [7, 11) is 5.61. The molecule has 0 N–H and O–H groups in total. The maximum Gasteiger partial charge on any atom is 0.227 e. The Kier molecular flexibility index (Phi) is 5.68. The Hall–Kier alpha value is 0.0900. The molecule has 0 saturated carbocycles. The quantitative estimate of drug-likeness (QED) is 0.460. The molecule has 4 nitrogen and oxygen atoms in total. The van der Waals surface area contributed by atoms with E-state index < -0.39 is 0 Å². The second-order valence-electron chi connectivity index (χ2n) is 6.81. The van der Waals surface area contributed by atoms with E-state index in [9.17, 15) is 4.79 Å². The molecule has 0 aromatic rings. The zero-order chi connectivity index (χ0) is 14.9. The van der Waals surface area contributed by atoms with Crippen LogP contribution in [-0.4, -0.2) is 65.8 Å². The van der Waals surface area contributed by atoms with Crippen molar-refractivity contribution in [2.45, 2.75) is 38.8 Å². The third kappa shape index (κ3) is 3.64. The van der Waals surface area contributed by atoms with Gasteiger partial charge in [0.2, 0.25) is 5.91 Å². The molecule has 3 saturated heterocycles. The second-order valence-corrected chi connectivity index (χ2v) is 7.98. The van der Waals surface area contributed by atoms with Gasteiger partial charge in [-0.3, -0.25) is 4.79 Å². The van der Waals surface area contributed by atoms with Gasteiger partial charge in [0.05, 0.1) is 5.92 Å². The number of hydrogen-bond acceptors (Lipinski definition) is 5. The molecule has 0 aliphatic carbocycles. The minimum Gasteiger partial charge on any atom is -0.334 e. The van der Waals surface area contributed by atoms with Gasteiger partial charge in [-0.2, -0.15) is 0 Å². The maximum atomic E-state index is 12.9. The first-order chi connectivity index (χ1) is 9.42. The van der Waals surface area contributed by atoms with Gasteiger partial charge in [-0.05, 0) is 43.8 Å². The van der Waals surface area contributed by atoms with Crippen LogP contribution in [0.1, 0.15) is 26.7 Å². The smallest absolute Gasteiger partial charge is 0.227 e. The van der Waals surface area contributed by atoms with Crippen molar-refractivity contribution >= 4 is 28.5 Å². The SMILES string of the molecule is CC(C)CC(CN(C)C)C(=O)N1C2CC1CN(SS)C2. The van der Waals surface area contributed by atoms with Crippen LogP contribution in [0.15, 0.2) is 0 Å². The molecular weight excluding hydrogens is 290 g/mol. The molecule has 3 rings (SSSR count). The summed E-state index contributed by atoms with van der Waals surface area (Å²) in [4.78, 5) is 17.2. The molecule has 3 aliphatic rings. The van der Waals surface area contributed by atoms with Gasteiger partial charge in [-0.15, -0.1) is 0 Å². The molecule has 0 aromatic carbocycles.